The topological polar surface area (TPSA) is 20.2 Å². The van der Waals surface area contributed by atoms with E-state index in [1.165, 1.54) is 19.3 Å². The van der Waals surface area contributed by atoms with Crippen LogP contribution in [0.25, 0.3) is 0 Å². The highest BCUT2D eigenvalue weighted by atomic mass is 16.3. The fraction of sp³-hybridized carbons (Fsp3) is 1.00. The van der Waals surface area contributed by atoms with Crippen molar-refractivity contribution >= 4 is 0 Å². The predicted molar refractivity (Wildman–Crippen MR) is 65.8 cm³/mol. The van der Waals surface area contributed by atoms with Crippen LogP contribution in [0.5, 0.6) is 0 Å². The summed E-state index contributed by atoms with van der Waals surface area (Å²) in [7, 11) is 0. The maximum Gasteiger partial charge on any atom is 0.0670 e. The van der Waals surface area contributed by atoms with E-state index in [2.05, 4.69) is 34.6 Å². The molecule has 0 aromatic heterocycles. The maximum atomic E-state index is 10.4. The summed E-state index contributed by atoms with van der Waals surface area (Å²) in [6, 6.07) is 0. The quantitative estimate of drug-likeness (QED) is 0.749. The van der Waals surface area contributed by atoms with E-state index in [0.29, 0.717) is 11.3 Å². The zero-order valence-electron chi connectivity index (χ0n) is 11.1. The average Bonchev–Trinajstić information content (AvgIpc) is 2.18. The van der Waals surface area contributed by atoms with E-state index in [9.17, 15) is 5.11 Å². The molecule has 90 valence electrons. The molecular formula is C14H28O. The molecule has 1 nitrogen and oxygen atoms in total. The van der Waals surface area contributed by atoms with Crippen molar-refractivity contribution in [2.45, 2.75) is 72.3 Å². The molecule has 1 aliphatic carbocycles. The molecule has 0 aliphatic heterocycles. The van der Waals surface area contributed by atoms with Crippen LogP contribution in [-0.2, 0) is 0 Å². The lowest BCUT2D eigenvalue weighted by molar-refractivity contribution is -0.0615. The lowest BCUT2D eigenvalue weighted by Gasteiger charge is -2.44. The molecule has 0 bridgehead atoms. The van der Waals surface area contributed by atoms with Gasteiger partial charge in [0.15, 0.2) is 0 Å². The van der Waals surface area contributed by atoms with Crippen LogP contribution in [-0.4, -0.2) is 10.7 Å². The molecule has 1 N–H and O–H groups in total. The average molecular weight is 212 g/mol. The smallest absolute Gasteiger partial charge is 0.0670 e. The van der Waals surface area contributed by atoms with Crippen LogP contribution in [0.1, 0.15) is 66.7 Å². The molecule has 0 spiro atoms. The predicted octanol–water partition coefficient (Wildman–Crippen LogP) is 4.00. The van der Waals surface area contributed by atoms with Gasteiger partial charge in [-0.25, -0.2) is 0 Å². The Bertz CT molecular complexity index is 197. The van der Waals surface area contributed by atoms with Gasteiger partial charge in [0.1, 0.15) is 0 Å². The third-order valence-corrected chi connectivity index (χ3v) is 4.94. The van der Waals surface area contributed by atoms with E-state index < -0.39 is 0 Å². The van der Waals surface area contributed by atoms with Crippen molar-refractivity contribution in [3.8, 4) is 0 Å². The Kier molecular flexibility index (Phi) is 3.86. The van der Waals surface area contributed by atoms with Gasteiger partial charge in [-0.1, -0.05) is 41.0 Å². The minimum Gasteiger partial charge on any atom is -0.390 e. The largest absolute Gasteiger partial charge is 0.390 e. The molecule has 0 aromatic rings. The summed E-state index contributed by atoms with van der Waals surface area (Å²) in [6.45, 7) is 11.3. The van der Waals surface area contributed by atoms with Gasteiger partial charge in [-0.2, -0.15) is 0 Å². The molecule has 0 amide bonds. The Balaban J connectivity index is 2.56. The van der Waals surface area contributed by atoms with Gasteiger partial charge in [-0.15, -0.1) is 0 Å². The first-order chi connectivity index (χ1) is 6.82. The minimum absolute atomic E-state index is 0.375. The number of hydrogen-bond acceptors (Lipinski definition) is 1. The van der Waals surface area contributed by atoms with Crippen molar-refractivity contribution in [2.24, 2.45) is 17.3 Å². The lowest BCUT2D eigenvalue weighted by Crippen LogP contribution is -2.41. The Labute approximate surface area is 95.3 Å². The van der Waals surface area contributed by atoms with Crippen molar-refractivity contribution in [1.82, 2.24) is 0 Å². The zero-order valence-corrected chi connectivity index (χ0v) is 11.1. The van der Waals surface area contributed by atoms with E-state index in [0.717, 1.165) is 18.8 Å². The fourth-order valence-electron chi connectivity index (χ4n) is 2.77. The second kappa shape index (κ2) is 4.45. The van der Waals surface area contributed by atoms with Crippen molar-refractivity contribution in [2.75, 3.05) is 0 Å². The standard InChI is InChI=1S/C14H28O/c1-6-13(4,5)12-7-9-14(15,10-8-12)11(2)3/h11-12,15H,6-10H2,1-5H3. The molecular weight excluding hydrogens is 184 g/mol. The molecule has 1 heteroatoms. The summed E-state index contributed by atoms with van der Waals surface area (Å²) in [6.07, 6.45) is 5.65. The molecule has 0 aromatic carbocycles. The fourth-order valence-corrected chi connectivity index (χ4v) is 2.77. The van der Waals surface area contributed by atoms with Gasteiger partial charge in [0.25, 0.3) is 0 Å². The molecule has 1 fully saturated rings. The van der Waals surface area contributed by atoms with Gasteiger partial charge in [0.05, 0.1) is 5.60 Å². The Morgan fingerprint density at radius 1 is 1.27 bits per heavy atom. The van der Waals surface area contributed by atoms with E-state index in [4.69, 9.17) is 0 Å². The molecule has 1 saturated carbocycles. The Morgan fingerprint density at radius 2 is 1.73 bits per heavy atom. The number of rotatable bonds is 3. The van der Waals surface area contributed by atoms with Crippen LogP contribution in [0.2, 0.25) is 0 Å². The van der Waals surface area contributed by atoms with Crippen LogP contribution < -0.4 is 0 Å². The van der Waals surface area contributed by atoms with Crippen molar-refractivity contribution < 1.29 is 5.11 Å². The van der Waals surface area contributed by atoms with E-state index in [1.807, 2.05) is 0 Å². The normalized spacial score (nSPS) is 33.4. The van der Waals surface area contributed by atoms with Gasteiger partial charge in [0.2, 0.25) is 0 Å². The van der Waals surface area contributed by atoms with Crippen LogP contribution in [0.3, 0.4) is 0 Å². The van der Waals surface area contributed by atoms with E-state index >= 15 is 0 Å². The maximum absolute atomic E-state index is 10.4. The van der Waals surface area contributed by atoms with Gasteiger partial charge < -0.3 is 5.11 Å². The second-order valence-corrected chi connectivity index (χ2v) is 6.37. The highest BCUT2D eigenvalue weighted by Crippen LogP contribution is 2.45. The van der Waals surface area contributed by atoms with Crippen LogP contribution >= 0.6 is 0 Å². The summed E-state index contributed by atoms with van der Waals surface area (Å²) in [4.78, 5) is 0. The van der Waals surface area contributed by atoms with Gasteiger partial charge in [0, 0.05) is 0 Å². The van der Waals surface area contributed by atoms with Crippen molar-refractivity contribution in [3.63, 3.8) is 0 Å². The molecule has 0 atom stereocenters. The molecule has 0 unspecified atom stereocenters. The highest BCUT2D eigenvalue weighted by molar-refractivity contribution is 4.91. The minimum atomic E-state index is -0.375. The molecule has 0 heterocycles. The first kappa shape index (κ1) is 13.0. The van der Waals surface area contributed by atoms with Crippen LogP contribution in [0.15, 0.2) is 0 Å². The monoisotopic (exact) mass is 212 g/mol. The number of hydrogen-bond donors (Lipinski definition) is 1. The molecule has 15 heavy (non-hydrogen) atoms. The van der Waals surface area contributed by atoms with Gasteiger partial charge >= 0.3 is 0 Å². The molecule has 0 saturated heterocycles. The lowest BCUT2D eigenvalue weighted by atomic mass is 9.64. The molecule has 0 radical (unpaired) electrons. The third-order valence-electron chi connectivity index (χ3n) is 4.94. The summed E-state index contributed by atoms with van der Waals surface area (Å²) >= 11 is 0. The van der Waals surface area contributed by atoms with Gasteiger partial charge in [-0.3, -0.25) is 0 Å². The van der Waals surface area contributed by atoms with Crippen molar-refractivity contribution in [1.29, 1.82) is 0 Å². The molecule has 1 aliphatic rings. The first-order valence-electron chi connectivity index (χ1n) is 6.54. The first-order valence-corrected chi connectivity index (χ1v) is 6.54. The summed E-state index contributed by atoms with van der Waals surface area (Å²) in [5.74, 6) is 1.21. The second-order valence-electron chi connectivity index (χ2n) is 6.37. The van der Waals surface area contributed by atoms with E-state index in [1.54, 1.807) is 0 Å². The highest BCUT2D eigenvalue weighted by Gasteiger charge is 2.39. The summed E-state index contributed by atoms with van der Waals surface area (Å²) in [5.41, 5.74) is 0.0820. The van der Waals surface area contributed by atoms with Crippen molar-refractivity contribution in [3.05, 3.63) is 0 Å². The summed E-state index contributed by atoms with van der Waals surface area (Å²) < 4.78 is 0. The van der Waals surface area contributed by atoms with Crippen LogP contribution in [0, 0.1) is 17.3 Å². The van der Waals surface area contributed by atoms with Crippen LogP contribution in [0.4, 0.5) is 0 Å². The third kappa shape index (κ3) is 2.75. The van der Waals surface area contributed by atoms with E-state index in [-0.39, 0.29) is 5.60 Å². The zero-order chi connectivity index (χ0) is 11.7. The Morgan fingerprint density at radius 3 is 2.07 bits per heavy atom. The number of aliphatic hydroxyl groups is 1. The Hall–Kier alpha value is -0.0400. The SMILES string of the molecule is CCC(C)(C)C1CCC(O)(C(C)C)CC1. The summed E-state index contributed by atoms with van der Waals surface area (Å²) in [5, 5.41) is 10.4. The molecule has 1 rings (SSSR count). The van der Waals surface area contributed by atoms with Gasteiger partial charge in [-0.05, 0) is 42.9 Å².